The van der Waals surface area contributed by atoms with Crippen molar-refractivity contribution in [3.63, 3.8) is 0 Å². The maximum atomic E-state index is 13.0. The van der Waals surface area contributed by atoms with Crippen LogP contribution in [0.25, 0.3) is 0 Å². The van der Waals surface area contributed by atoms with Crippen LogP contribution in [0.2, 0.25) is 0 Å². The first-order valence-electron chi connectivity index (χ1n) is 14.8. The Morgan fingerprint density at radius 3 is 1.58 bits per heavy atom. The molecule has 0 aliphatic carbocycles. The fourth-order valence-electron chi connectivity index (χ4n) is 3.49. The minimum atomic E-state index is -10.7. The van der Waals surface area contributed by atoms with E-state index in [1.165, 1.54) is 3.57 Å². The van der Waals surface area contributed by atoms with Gasteiger partial charge in [-0.2, -0.15) is 0 Å². The predicted octanol–water partition coefficient (Wildman–Crippen LogP) is 7.74. The van der Waals surface area contributed by atoms with Gasteiger partial charge in [0.05, 0.1) is 20.8 Å². The van der Waals surface area contributed by atoms with Crippen molar-refractivity contribution < 1.29 is 79.7 Å². The summed E-state index contributed by atoms with van der Waals surface area (Å²) >= 11 is -0.631. The van der Waals surface area contributed by atoms with Gasteiger partial charge in [0.1, 0.15) is 17.0 Å². The fourth-order valence-corrected chi connectivity index (χ4v) is 6.09. The fraction of sp³-hybridized carbons (Fsp3) is 0.562. The van der Waals surface area contributed by atoms with E-state index in [-0.39, 0.29) is 12.0 Å². The molecule has 2 aromatic carbocycles. The van der Waals surface area contributed by atoms with Crippen LogP contribution in [0.15, 0.2) is 36.4 Å². The number of rotatable bonds is 10. The molecule has 0 heterocycles. The second-order valence-electron chi connectivity index (χ2n) is 13.8. The van der Waals surface area contributed by atoms with E-state index in [2.05, 4.69) is 32.9 Å². The van der Waals surface area contributed by atoms with Gasteiger partial charge in [-0.25, -0.2) is 14.5 Å². The van der Waals surface area contributed by atoms with E-state index in [0.29, 0.717) is 24.5 Å². The van der Waals surface area contributed by atoms with E-state index in [1.807, 2.05) is 24.3 Å². The molecule has 0 unspecified atom stereocenters. The van der Waals surface area contributed by atoms with Crippen molar-refractivity contribution in [3.8, 4) is 17.2 Å². The number of hydrogen-bond donors (Lipinski definition) is 0. The molecule has 0 spiro atoms. The summed E-state index contributed by atoms with van der Waals surface area (Å²) in [5.74, 6) is 2.06. The third-order valence-electron chi connectivity index (χ3n) is 5.53. The van der Waals surface area contributed by atoms with Crippen molar-refractivity contribution >= 4 is 20.0 Å². The van der Waals surface area contributed by atoms with Crippen LogP contribution in [0.3, 0.4) is 0 Å². The summed E-state index contributed by atoms with van der Waals surface area (Å²) in [6, 6.07) is 12.1. The van der Waals surface area contributed by atoms with Crippen LogP contribution in [0.4, 0.5) is 34.8 Å². The van der Waals surface area contributed by atoms with Gasteiger partial charge in [-0.1, -0.05) is 20.8 Å². The van der Waals surface area contributed by atoms with Crippen molar-refractivity contribution in [2.75, 3.05) is 27.4 Å². The summed E-state index contributed by atoms with van der Waals surface area (Å²) in [5, 5.41) is 0. The average Bonchev–Trinajstić information content (AvgIpc) is 2.85. The van der Waals surface area contributed by atoms with E-state index in [9.17, 15) is 34.8 Å². The first-order chi connectivity index (χ1) is 21.4. The van der Waals surface area contributed by atoms with Crippen LogP contribution in [0.5, 0.6) is 17.2 Å². The van der Waals surface area contributed by atoms with Crippen LogP contribution >= 0.6 is 7.81 Å². The number of methoxy groups -OCH3 is 2. The standard InChI is InChI=1S/C32H47INO7.F6P/c1-30(2,3)17-19-39-24-14-12-23(13-15-24)33-25-21-27(38-11)26(37-10)20-22(25)16-18-34(28(35)40-31(4,5)6)29(36)41-32(7,8)9;1-7(2,3,4,5)6/h12-15,20-21H,16-19H2,1-11H3;/q+1;-1. The molecular weight excluding hydrogens is 782 g/mol. The van der Waals surface area contributed by atoms with E-state index >= 15 is 0 Å². The molecule has 276 valence electrons. The van der Waals surface area contributed by atoms with Gasteiger partial charge in [0, 0.05) is 18.2 Å². The minimum absolute atomic E-state index is 0.0800. The Bertz CT molecular complexity index is 1350. The summed E-state index contributed by atoms with van der Waals surface area (Å²) in [7, 11) is -7.46. The number of hydrogen-bond acceptors (Lipinski definition) is 7. The van der Waals surface area contributed by atoms with Gasteiger partial charge < -0.3 is 23.7 Å². The van der Waals surface area contributed by atoms with Gasteiger partial charge >= 0.3 is 66.4 Å². The van der Waals surface area contributed by atoms with Crippen LogP contribution in [-0.2, 0) is 15.9 Å². The molecule has 0 aliphatic rings. The number of halogens is 7. The van der Waals surface area contributed by atoms with Crippen molar-refractivity contribution in [1.29, 1.82) is 0 Å². The summed E-state index contributed by atoms with van der Waals surface area (Å²) in [4.78, 5) is 27.1. The Balaban J connectivity index is 0.00000148. The summed E-state index contributed by atoms with van der Waals surface area (Å²) in [6.07, 6.45) is -0.126. The molecule has 0 radical (unpaired) electrons. The Hall–Kier alpha value is -2.68. The third kappa shape index (κ3) is 20.6. The SMILES string of the molecule is COc1cc(CCN(C(=O)OC(C)(C)C)C(=O)OC(C)(C)C)c([I+]c2ccc(OCCC(C)(C)C)cc2)cc1OC.F[P-](F)(F)(F)(F)F. The monoisotopic (exact) mass is 829 g/mol. The Labute approximate surface area is 289 Å². The average molecular weight is 830 g/mol. The predicted molar refractivity (Wildman–Crippen MR) is 169 cm³/mol. The first-order valence-corrected chi connectivity index (χ1v) is 19.0. The zero-order chi connectivity index (χ0) is 37.4. The molecule has 0 saturated carbocycles. The van der Waals surface area contributed by atoms with E-state index < -0.39 is 52.4 Å². The zero-order valence-electron chi connectivity index (χ0n) is 29.2. The number of carbonyl (C=O) groups excluding carboxylic acids is 2. The van der Waals surface area contributed by atoms with Crippen LogP contribution < -0.4 is 35.4 Å². The van der Waals surface area contributed by atoms with Gasteiger partial charge in [0.2, 0.25) is 3.57 Å². The molecule has 0 aromatic heterocycles. The van der Waals surface area contributed by atoms with E-state index in [0.717, 1.165) is 26.2 Å². The maximum absolute atomic E-state index is 13.0. The van der Waals surface area contributed by atoms with Gasteiger partial charge in [-0.3, -0.25) is 0 Å². The Morgan fingerprint density at radius 2 is 1.19 bits per heavy atom. The molecule has 0 fully saturated rings. The topological polar surface area (TPSA) is 83.5 Å². The number of carbonyl (C=O) groups is 2. The first kappa shape index (κ1) is 43.3. The van der Waals surface area contributed by atoms with Crippen LogP contribution in [-0.4, -0.2) is 55.7 Å². The molecule has 0 N–H and O–H groups in total. The van der Waals surface area contributed by atoms with Crippen molar-refractivity contribution in [2.24, 2.45) is 5.41 Å². The molecule has 2 amide bonds. The molecule has 8 nitrogen and oxygen atoms in total. The van der Waals surface area contributed by atoms with Crippen LogP contribution in [0, 0.1) is 12.6 Å². The number of ether oxygens (including phenoxy) is 5. The Kier molecular flexibility index (Phi) is 14.0. The molecule has 48 heavy (non-hydrogen) atoms. The van der Waals surface area contributed by atoms with Gasteiger partial charge in [0.15, 0.2) is 15.1 Å². The quantitative estimate of drug-likeness (QED) is 0.138. The van der Waals surface area contributed by atoms with Gasteiger partial charge in [0.25, 0.3) is 0 Å². The van der Waals surface area contributed by atoms with Crippen molar-refractivity contribution in [1.82, 2.24) is 4.90 Å². The number of benzene rings is 2. The molecule has 2 rings (SSSR count). The second-order valence-corrected chi connectivity index (χ2v) is 18.7. The summed E-state index contributed by atoms with van der Waals surface area (Å²) in [6.45, 7) is 17.9. The molecule has 0 saturated heterocycles. The van der Waals surface area contributed by atoms with Gasteiger partial charge in [-0.15, -0.1) is 0 Å². The van der Waals surface area contributed by atoms with Crippen molar-refractivity contribution in [2.45, 2.75) is 86.4 Å². The van der Waals surface area contributed by atoms with Gasteiger partial charge in [-0.05, 0) is 90.1 Å². The molecule has 2 aromatic rings. The van der Waals surface area contributed by atoms with Crippen LogP contribution in [0.1, 0.15) is 74.3 Å². The number of nitrogens with zero attached hydrogens (tertiary/aromatic N) is 1. The number of amides is 2. The Morgan fingerprint density at radius 1 is 0.750 bits per heavy atom. The van der Waals surface area contributed by atoms with Crippen molar-refractivity contribution in [3.05, 3.63) is 49.1 Å². The molecule has 0 aliphatic heterocycles. The van der Waals surface area contributed by atoms with E-state index in [4.69, 9.17) is 23.7 Å². The molecule has 16 heteroatoms. The normalized spacial score (nSPS) is 13.6. The number of imide groups is 1. The summed E-state index contributed by atoms with van der Waals surface area (Å²) < 4.78 is 89.6. The van der Waals surface area contributed by atoms with E-state index in [1.54, 1.807) is 55.8 Å². The zero-order valence-corrected chi connectivity index (χ0v) is 32.2. The second kappa shape index (κ2) is 15.5. The molecule has 0 bridgehead atoms. The molecular formula is C32H47F6INO7P. The molecule has 0 atom stereocenters. The summed E-state index contributed by atoms with van der Waals surface area (Å²) in [5.41, 5.74) is -0.351. The third-order valence-corrected chi connectivity index (χ3v) is 8.46.